The van der Waals surface area contributed by atoms with Crippen molar-refractivity contribution < 1.29 is 80.3 Å². The van der Waals surface area contributed by atoms with Gasteiger partial charge in [-0.15, -0.1) is 0 Å². The second kappa shape index (κ2) is 20.1. The number of benzene rings is 3. The van der Waals surface area contributed by atoms with Gasteiger partial charge in [0.2, 0.25) is 5.75 Å². The topological polar surface area (TPSA) is 392 Å². The minimum atomic E-state index is -3.36. The molecular weight excluding hydrogens is 1000 g/mol. The van der Waals surface area contributed by atoms with Gasteiger partial charge in [0.05, 0.1) is 24.7 Å². The van der Waals surface area contributed by atoms with Gasteiger partial charge in [-0.2, -0.15) is 0 Å². The summed E-state index contributed by atoms with van der Waals surface area (Å²) in [4.78, 5) is 42.7. The summed E-state index contributed by atoms with van der Waals surface area (Å²) in [6, 6.07) is 10.6. The van der Waals surface area contributed by atoms with E-state index in [9.17, 15) is 61.3 Å². The normalized spacial score (nSPS) is 32.4. The molecule has 2 fully saturated rings. The molecule has 22 nitrogen and oxygen atoms in total. The molecule has 77 heavy (non-hydrogen) atoms. The molecule has 3 heterocycles. The number of imidazole rings is 1. The molecule has 4 aliphatic carbocycles. The number of amides is 1. The molecule has 1 saturated heterocycles. The Morgan fingerprint density at radius 1 is 1.00 bits per heavy atom. The summed E-state index contributed by atoms with van der Waals surface area (Å²) >= 11 is 0. The number of carbonyl (C=O) groups excluding carboxylic acids is 1. The smallest absolute Gasteiger partial charge is 0.355 e. The van der Waals surface area contributed by atoms with Gasteiger partial charge < -0.3 is 87.2 Å². The summed E-state index contributed by atoms with van der Waals surface area (Å²) in [6.45, 7) is -1.23. The Kier molecular flexibility index (Phi) is 13.9. The van der Waals surface area contributed by atoms with E-state index in [1.165, 1.54) is 36.7 Å². The van der Waals surface area contributed by atoms with Crippen molar-refractivity contribution in [3.8, 4) is 28.7 Å². The highest BCUT2D eigenvalue weighted by molar-refractivity contribution is 6.14. The van der Waals surface area contributed by atoms with Crippen molar-refractivity contribution >= 4 is 29.6 Å². The van der Waals surface area contributed by atoms with Gasteiger partial charge in [0, 0.05) is 83.0 Å². The number of nitrogens with one attached hydrogen (secondary N) is 1. The summed E-state index contributed by atoms with van der Waals surface area (Å²) < 4.78 is 11.1. The van der Waals surface area contributed by atoms with E-state index < -0.39 is 113 Å². The average Bonchev–Trinajstić information content (AvgIpc) is 3.95. The largest absolute Gasteiger partial charge is 0.508 e. The molecule has 17 N–H and O–H groups in total. The van der Waals surface area contributed by atoms with Crippen LogP contribution >= 0.6 is 0 Å². The molecule has 10 rings (SSSR count). The third-order valence-corrected chi connectivity index (χ3v) is 17.3. The number of hydrogen-bond donors (Lipinski definition) is 15. The number of aromatic hydroxyl groups is 4. The van der Waals surface area contributed by atoms with Crippen LogP contribution in [0.4, 0.5) is 5.69 Å². The summed E-state index contributed by atoms with van der Waals surface area (Å²) in [7, 11) is 0. The van der Waals surface area contributed by atoms with E-state index in [-0.39, 0.29) is 60.4 Å². The first-order chi connectivity index (χ1) is 36.8. The van der Waals surface area contributed by atoms with Gasteiger partial charge >= 0.3 is 11.9 Å². The van der Waals surface area contributed by atoms with Gasteiger partial charge in [0.25, 0.3) is 5.91 Å². The number of aliphatic carboxylic acids is 1. The first-order valence-electron chi connectivity index (χ1n) is 25.7. The maximum Gasteiger partial charge on any atom is 0.355 e. The summed E-state index contributed by atoms with van der Waals surface area (Å²) in [6.07, 6.45) is 4.58. The zero-order valence-corrected chi connectivity index (χ0v) is 41.8. The Bertz CT molecular complexity index is 3070. The van der Waals surface area contributed by atoms with E-state index in [0.717, 1.165) is 22.6 Å². The van der Waals surface area contributed by atoms with Crippen molar-refractivity contribution in [3.05, 3.63) is 118 Å². The molecule has 2 aliphatic heterocycles. The van der Waals surface area contributed by atoms with E-state index in [1.54, 1.807) is 30.5 Å². The van der Waals surface area contributed by atoms with Crippen molar-refractivity contribution in [2.24, 2.45) is 39.6 Å². The molecule has 0 spiro atoms. The lowest BCUT2D eigenvalue weighted by molar-refractivity contribution is -0.422. The van der Waals surface area contributed by atoms with Crippen molar-refractivity contribution in [1.82, 2.24) is 9.97 Å². The number of phenolic OH excluding ortho intramolecular Hbond substituents is 4. The standard InChI is InChI=1S/C55H64N6O16/c56-51(57)59-17-3-8-36(64)29-15-16-52(54-31(5-2-6-32(54)24-62)12-11-28-4-1-7-38(66)43(28)54)33(19-29)22-53(50(73)74)48(52)42-35(21-39(44(68)46(42)70)76-55(75)49(72)47(71)45(69)40(25-63)77-55)61(53)41(67)14-10-27-9-13-37(65)30(18-27)20-34-23-58-26-60-34/h1,4,7,9-10,13-16,18,21-23,26,29,31-32,36,40,45,47-49,62-66,68-72,75H,2-3,5-6,8,11-12,17,19-20,24-25H2,(H,58,60)(H,73,74)(H4,56,57,59)/b14-10+/t29-,31-,32-,36-,40+,45+,47-,48-,49+,52-,53+,54-,55-/m0/s1. The predicted octanol–water partition coefficient (Wildman–Crippen LogP) is 1.50. The number of guanidine groups is 1. The van der Waals surface area contributed by atoms with Gasteiger partial charge in [-0.05, 0) is 98.3 Å². The highest BCUT2D eigenvalue weighted by Gasteiger charge is 2.78. The number of aliphatic hydroxyl groups is 7. The lowest BCUT2D eigenvalue weighted by Crippen LogP contribution is -2.67. The van der Waals surface area contributed by atoms with Crippen LogP contribution in [0.5, 0.6) is 28.7 Å². The summed E-state index contributed by atoms with van der Waals surface area (Å²) in [5.41, 5.74) is 7.89. The van der Waals surface area contributed by atoms with Crippen molar-refractivity contribution in [2.45, 2.75) is 111 Å². The van der Waals surface area contributed by atoms with E-state index in [0.29, 0.717) is 66.5 Å². The number of H-pyrrole nitrogens is 1. The number of rotatable bonds is 15. The Balaban J connectivity index is 1.23. The predicted molar refractivity (Wildman–Crippen MR) is 274 cm³/mol. The number of aryl methyl sites for hydroxylation is 1. The SMILES string of the molecule is NC(N)=NCCC[C@H](O)[C@H]1C=C[C@]2([C@@]34c5c(O)cccc5CC[C@@H]3CCC[C@H]4CO)C(=C[C@]3(C(=O)O)[C@H]2c2c(cc(O[C@]4(O)O[C@H](CO)[C@@H](O)[C@H](O)[C@H]4O)c(O)c2O)N3C(=O)/C=C/c2ccc(O)c(Cc3cnc[nH]3)c2)C1. The number of anilines is 1. The van der Waals surface area contributed by atoms with Gasteiger partial charge in [-0.1, -0.05) is 42.3 Å². The minimum Gasteiger partial charge on any atom is -0.508 e. The summed E-state index contributed by atoms with van der Waals surface area (Å²) in [5, 5.41) is 138. The number of carboxylic acid groups (broad SMARTS) is 1. The highest BCUT2D eigenvalue weighted by atomic mass is 16.8. The van der Waals surface area contributed by atoms with Crippen LogP contribution in [-0.4, -0.2) is 151 Å². The molecule has 1 saturated carbocycles. The van der Waals surface area contributed by atoms with Crippen LogP contribution < -0.4 is 21.1 Å². The van der Waals surface area contributed by atoms with Crippen LogP contribution in [0.25, 0.3) is 6.08 Å². The van der Waals surface area contributed by atoms with E-state index in [1.807, 2.05) is 6.07 Å². The molecule has 0 unspecified atom stereocenters. The number of nitrogens with two attached hydrogens (primary N) is 2. The van der Waals surface area contributed by atoms with Crippen LogP contribution in [0, 0.1) is 23.2 Å². The zero-order valence-electron chi connectivity index (χ0n) is 41.8. The van der Waals surface area contributed by atoms with E-state index in [2.05, 4.69) is 15.0 Å². The third-order valence-electron chi connectivity index (χ3n) is 17.3. The molecule has 0 bridgehead atoms. The van der Waals surface area contributed by atoms with E-state index in [4.69, 9.17) is 20.9 Å². The van der Waals surface area contributed by atoms with Crippen molar-refractivity contribution in [2.75, 3.05) is 24.7 Å². The molecule has 0 radical (unpaired) electrons. The van der Waals surface area contributed by atoms with Crippen LogP contribution in [0.2, 0.25) is 0 Å². The third kappa shape index (κ3) is 8.22. The fraction of sp³-hybridized carbons (Fsp3) is 0.455. The second-order valence-corrected chi connectivity index (χ2v) is 21.2. The molecule has 22 heteroatoms. The van der Waals surface area contributed by atoms with Gasteiger partial charge in [-0.25, -0.2) is 9.78 Å². The maximum absolute atomic E-state index is 15.7. The van der Waals surface area contributed by atoms with Crippen molar-refractivity contribution in [3.63, 3.8) is 0 Å². The number of phenols is 4. The molecule has 13 atom stereocenters. The molecule has 1 aromatic heterocycles. The quantitative estimate of drug-likeness (QED) is 0.0153. The Morgan fingerprint density at radius 3 is 2.51 bits per heavy atom. The first-order valence-corrected chi connectivity index (χ1v) is 25.7. The number of nitrogens with zero attached hydrogens (tertiary/aromatic N) is 3. The van der Waals surface area contributed by atoms with Crippen LogP contribution in [0.3, 0.4) is 0 Å². The number of aromatic nitrogens is 2. The van der Waals surface area contributed by atoms with Crippen LogP contribution in [0.15, 0.2) is 89.9 Å². The fourth-order valence-corrected chi connectivity index (χ4v) is 14.2. The number of fused-ring (bicyclic) bond motifs is 9. The Labute approximate surface area is 441 Å². The van der Waals surface area contributed by atoms with Gasteiger partial charge in [0.1, 0.15) is 29.8 Å². The van der Waals surface area contributed by atoms with Crippen LogP contribution in [0.1, 0.15) is 84.4 Å². The van der Waals surface area contributed by atoms with E-state index >= 15 is 9.59 Å². The molecule has 4 aromatic rings. The Hall–Kier alpha value is -7.02. The monoisotopic (exact) mass is 1060 g/mol. The second-order valence-electron chi connectivity index (χ2n) is 21.2. The number of aliphatic hydroxyl groups excluding tert-OH is 6. The number of carboxylic acids is 1. The highest BCUT2D eigenvalue weighted by Crippen LogP contribution is 2.78. The number of aromatic amines is 1. The first kappa shape index (κ1) is 53.4. The lowest BCUT2D eigenvalue weighted by atomic mass is 9.38. The Morgan fingerprint density at radius 2 is 1.79 bits per heavy atom. The van der Waals surface area contributed by atoms with Gasteiger partial charge in [-0.3, -0.25) is 14.7 Å². The molecule has 1 amide bonds. The van der Waals surface area contributed by atoms with Crippen molar-refractivity contribution in [1.29, 1.82) is 0 Å². The molecule has 6 aliphatic rings. The number of hydrogen-bond acceptors (Lipinski definition) is 17. The number of aliphatic imine (C=N–C) groups is 1. The summed E-state index contributed by atoms with van der Waals surface area (Å²) in [5.74, 6) is -12.8. The molecule has 3 aromatic carbocycles. The van der Waals surface area contributed by atoms with Crippen LogP contribution in [-0.2, 0) is 32.6 Å². The number of carbonyl (C=O) groups is 2. The average molecular weight is 1070 g/mol. The van der Waals surface area contributed by atoms with Gasteiger partial charge in [0.15, 0.2) is 29.1 Å². The fourth-order valence-electron chi connectivity index (χ4n) is 14.2. The number of ether oxygens (including phenoxy) is 2. The maximum atomic E-state index is 15.7. The zero-order chi connectivity index (χ0) is 54.9. The minimum absolute atomic E-state index is 0.0166. The number of allylic oxidation sites excluding steroid dienone is 2. The lowest BCUT2D eigenvalue weighted by Gasteiger charge is -2.64. The molecular formula is C55H64N6O16. The molecule has 410 valence electrons.